The Morgan fingerprint density at radius 3 is 2.59 bits per heavy atom. The summed E-state index contributed by atoms with van der Waals surface area (Å²) in [6.07, 6.45) is 4.24. The first-order chi connectivity index (χ1) is 13.0. The summed E-state index contributed by atoms with van der Waals surface area (Å²) in [6.45, 7) is -0.0411. The van der Waals surface area contributed by atoms with Gasteiger partial charge in [-0.2, -0.15) is 0 Å². The Hall–Kier alpha value is -2.60. The third kappa shape index (κ3) is 5.20. The number of para-hydroxylation sites is 1. The summed E-state index contributed by atoms with van der Waals surface area (Å²) in [7, 11) is 0. The average Bonchev–Trinajstić information content (AvgIpc) is 3.16. The van der Waals surface area contributed by atoms with Crippen LogP contribution in [0.3, 0.4) is 0 Å². The lowest BCUT2D eigenvalue weighted by Gasteiger charge is -2.15. The second-order valence-corrected chi connectivity index (χ2v) is 6.94. The first-order valence-corrected chi connectivity index (χ1v) is 9.29. The fourth-order valence-electron chi connectivity index (χ4n) is 3.11. The van der Waals surface area contributed by atoms with Gasteiger partial charge in [0.15, 0.2) is 0 Å². The molecule has 0 radical (unpaired) electrons. The molecule has 1 saturated carbocycles. The van der Waals surface area contributed by atoms with Crippen LogP contribution >= 0.6 is 11.6 Å². The number of halogens is 2. The minimum atomic E-state index is -0.520. The van der Waals surface area contributed by atoms with Gasteiger partial charge in [0.05, 0.1) is 22.8 Å². The lowest BCUT2D eigenvalue weighted by Crippen LogP contribution is -2.33. The zero-order chi connectivity index (χ0) is 19.2. The Morgan fingerprint density at radius 1 is 1.11 bits per heavy atom. The summed E-state index contributed by atoms with van der Waals surface area (Å²) in [6, 6.07) is 11.2. The van der Waals surface area contributed by atoms with E-state index in [4.69, 9.17) is 11.6 Å². The van der Waals surface area contributed by atoms with E-state index in [0.717, 1.165) is 25.7 Å². The maximum atomic E-state index is 13.2. The van der Waals surface area contributed by atoms with E-state index >= 15 is 0 Å². The quantitative estimate of drug-likeness (QED) is 0.693. The summed E-state index contributed by atoms with van der Waals surface area (Å²) >= 11 is 5.72. The van der Waals surface area contributed by atoms with Crippen LogP contribution in [-0.4, -0.2) is 24.4 Å². The van der Waals surface area contributed by atoms with Gasteiger partial charge in [0, 0.05) is 11.7 Å². The van der Waals surface area contributed by atoms with Crippen molar-refractivity contribution in [2.75, 3.05) is 17.2 Å². The average molecular weight is 390 g/mol. The Balaban J connectivity index is 1.60. The highest BCUT2D eigenvalue weighted by atomic mass is 35.5. The predicted octanol–water partition coefficient (Wildman–Crippen LogP) is 4.20. The Morgan fingerprint density at radius 2 is 1.85 bits per heavy atom. The van der Waals surface area contributed by atoms with Gasteiger partial charge in [0.25, 0.3) is 5.91 Å². The molecule has 0 bridgehead atoms. The molecular formula is C20H21ClFN3O2. The second-order valence-electron chi connectivity index (χ2n) is 6.53. The number of hydrogen-bond acceptors (Lipinski definition) is 3. The molecule has 27 heavy (non-hydrogen) atoms. The van der Waals surface area contributed by atoms with E-state index in [1.807, 2.05) is 0 Å². The molecule has 142 valence electrons. The number of carbonyl (C=O) groups is 2. The molecule has 3 rings (SSSR count). The van der Waals surface area contributed by atoms with Gasteiger partial charge in [0.1, 0.15) is 5.82 Å². The number of carbonyl (C=O) groups excluding carboxylic acids is 2. The van der Waals surface area contributed by atoms with Gasteiger partial charge < -0.3 is 16.0 Å². The summed E-state index contributed by atoms with van der Waals surface area (Å²) in [5, 5.41) is 8.62. The Bertz CT molecular complexity index is 838. The van der Waals surface area contributed by atoms with Crippen molar-refractivity contribution in [3.8, 4) is 0 Å². The topological polar surface area (TPSA) is 70.2 Å². The van der Waals surface area contributed by atoms with Gasteiger partial charge in [-0.25, -0.2) is 4.39 Å². The molecule has 0 unspecified atom stereocenters. The van der Waals surface area contributed by atoms with E-state index in [1.165, 1.54) is 18.2 Å². The Labute approximate surface area is 162 Å². The second kappa shape index (κ2) is 8.86. The molecule has 0 spiro atoms. The molecule has 1 aliphatic carbocycles. The molecule has 0 saturated heterocycles. The van der Waals surface area contributed by atoms with E-state index in [1.54, 1.807) is 24.3 Å². The molecule has 1 aliphatic rings. The molecule has 2 amide bonds. The van der Waals surface area contributed by atoms with Crippen molar-refractivity contribution in [1.29, 1.82) is 0 Å². The summed E-state index contributed by atoms with van der Waals surface area (Å²) in [5.41, 5.74) is 1.42. The molecule has 1 fully saturated rings. The minimum absolute atomic E-state index is 0.0191. The van der Waals surface area contributed by atoms with Crippen molar-refractivity contribution in [2.45, 2.75) is 31.7 Å². The maximum absolute atomic E-state index is 13.2. The number of rotatable bonds is 6. The van der Waals surface area contributed by atoms with Crippen molar-refractivity contribution >= 4 is 34.8 Å². The van der Waals surface area contributed by atoms with Crippen LogP contribution in [0.4, 0.5) is 15.8 Å². The number of anilines is 2. The highest BCUT2D eigenvalue weighted by Crippen LogP contribution is 2.21. The zero-order valence-corrected chi connectivity index (χ0v) is 15.5. The molecular weight excluding hydrogens is 369 g/mol. The third-order valence-electron chi connectivity index (χ3n) is 4.51. The maximum Gasteiger partial charge on any atom is 0.253 e. The molecule has 3 N–H and O–H groups in total. The van der Waals surface area contributed by atoms with Gasteiger partial charge in [-0.05, 0) is 43.2 Å². The highest BCUT2D eigenvalue weighted by Gasteiger charge is 2.20. The van der Waals surface area contributed by atoms with E-state index < -0.39 is 5.82 Å². The van der Waals surface area contributed by atoms with Crippen molar-refractivity contribution < 1.29 is 14.0 Å². The Kier molecular flexibility index (Phi) is 6.29. The van der Waals surface area contributed by atoms with Crippen LogP contribution in [0.15, 0.2) is 42.5 Å². The lowest BCUT2D eigenvalue weighted by atomic mass is 10.1. The van der Waals surface area contributed by atoms with Gasteiger partial charge >= 0.3 is 0 Å². The summed E-state index contributed by atoms with van der Waals surface area (Å²) in [5.74, 6) is -1.03. The number of nitrogens with one attached hydrogen (secondary N) is 3. The molecule has 0 aliphatic heterocycles. The lowest BCUT2D eigenvalue weighted by molar-refractivity contribution is -0.114. The van der Waals surface area contributed by atoms with Gasteiger partial charge in [-0.3, -0.25) is 9.59 Å². The SMILES string of the molecule is O=C(CNc1ccc(F)c(Cl)c1)Nc1ccccc1C(=O)NC1CCCC1. The highest BCUT2D eigenvalue weighted by molar-refractivity contribution is 6.31. The fraction of sp³-hybridized carbons (Fsp3) is 0.300. The first-order valence-electron chi connectivity index (χ1n) is 8.91. The van der Waals surface area contributed by atoms with E-state index in [9.17, 15) is 14.0 Å². The summed E-state index contributed by atoms with van der Waals surface area (Å²) in [4.78, 5) is 24.8. The fourth-order valence-corrected chi connectivity index (χ4v) is 3.29. The van der Waals surface area contributed by atoms with E-state index in [0.29, 0.717) is 16.9 Å². The molecule has 5 nitrogen and oxygen atoms in total. The molecule has 7 heteroatoms. The van der Waals surface area contributed by atoms with Crippen LogP contribution in [-0.2, 0) is 4.79 Å². The molecule has 0 heterocycles. The van der Waals surface area contributed by atoms with Crippen LogP contribution in [0.1, 0.15) is 36.0 Å². The number of amides is 2. The van der Waals surface area contributed by atoms with E-state index in [-0.39, 0.29) is 29.4 Å². The number of hydrogen-bond donors (Lipinski definition) is 3. The molecule has 2 aromatic carbocycles. The normalized spacial score (nSPS) is 14.0. The first kappa shape index (κ1) is 19.2. The molecule has 2 aromatic rings. The molecule has 0 atom stereocenters. The predicted molar refractivity (Wildman–Crippen MR) is 105 cm³/mol. The van der Waals surface area contributed by atoms with Crippen LogP contribution in [0.5, 0.6) is 0 Å². The van der Waals surface area contributed by atoms with Crippen LogP contribution < -0.4 is 16.0 Å². The van der Waals surface area contributed by atoms with Crippen LogP contribution in [0.2, 0.25) is 5.02 Å². The van der Waals surface area contributed by atoms with Gasteiger partial charge in [-0.1, -0.05) is 36.6 Å². The van der Waals surface area contributed by atoms with Crippen molar-refractivity contribution in [3.05, 3.63) is 58.9 Å². The van der Waals surface area contributed by atoms with Crippen molar-refractivity contribution in [1.82, 2.24) is 5.32 Å². The van der Waals surface area contributed by atoms with Gasteiger partial charge in [0.2, 0.25) is 5.91 Å². The monoisotopic (exact) mass is 389 g/mol. The zero-order valence-electron chi connectivity index (χ0n) is 14.7. The third-order valence-corrected chi connectivity index (χ3v) is 4.80. The van der Waals surface area contributed by atoms with Crippen molar-refractivity contribution in [3.63, 3.8) is 0 Å². The minimum Gasteiger partial charge on any atom is -0.376 e. The molecule has 0 aromatic heterocycles. The number of benzene rings is 2. The standard InChI is InChI=1S/C20H21ClFN3O2/c21-16-11-14(9-10-17(16)22)23-12-19(26)25-18-8-4-3-7-15(18)20(27)24-13-5-1-2-6-13/h3-4,7-11,13,23H,1-2,5-6,12H2,(H,24,27)(H,25,26). The largest absolute Gasteiger partial charge is 0.376 e. The van der Waals surface area contributed by atoms with Crippen LogP contribution in [0.25, 0.3) is 0 Å². The van der Waals surface area contributed by atoms with E-state index in [2.05, 4.69) is 16.0 Å². The summed E-state index contributed by atoms with van der Waals surface area (Å²) < 4.78 is 13.2. The van der Waals surface area contributed by atoms with Crippen LogP contribution in [0, 0.1) is 5.82 Å². The van der Waals surface area contributed by atoms with Gasteiger partial charge in [-0.15, -0.1) is 0 Å². The smallest absolute Gasteiger partial charge is 0.253 e. The van der Waals surface area contributed by atoms with Crippen molar-refractivity contribution in [2.24, 2.45) is 0 Å².